The molecule has 1 spiro atoms. The summed E-state index contributed by atoms with van der Waals surface area (Å²) in [4.78, 5) is 15.8. The zero-order valence-corrected chi connectivity index (χ0v) is 27.3. The largest absolute Gasteiger partial charge is 0.490 e. The summed E-state index contributed by atoms with van der Waals surface area (Å²) in [6, 6.07) is 11.8. The van der Waals surface area contributed by atoms with Gasteiger partial charge in [-0.05, 0) is 105 Å². The van der Waals surface area contributed by atoms with Gasteiger partial charge in [0, 0.05) is 52.0 Å². The summed E-state index contributed by atoms with van der Waals surface area (Å²) in [5, 5.41) is 0.544. The molecule has 1 saturated carbocycles. The van der Waals surface area contributed by atoms with E-state index in [9.17, 15) is 9.00 Å². The van der Waals surface area contributed by atoms with Gasteiger partial charge in [-0.2, -0.15) is 4.36 Å². The van der Waals surface area contributed by atoms with Crippen molar-refractivity contribution in [2.75, 3.05) is 31.7 Å². The van der Waals surface area contributed by atoms with E-state index in [-0.39, 0.29) is 22.7 Å². The van der Waals surface area contributed by atoms with E-state index >= 15 is 0 Å². The second-order valence-electron chi connectivity index (χ2n) is 12.7. The third-order valence-electron chi connectivity index (χ3n) is 10.0. The molecular weight excluding hydrogens is 580 g/mol. The van der Waals surface area contributed by atoms with Gasteiger partial charge in [-0.15, -0.1) is 13.2 Å². The number of hydrogen-bond donors (Lipinski definition) is 1. The van der Waals surface area contributed by atoms with Gasteiger partial charge in [0.2, 0.25) is 0 Å². The predicted octanol–water partition coefficient (Wildman–Crippen LogP) is 7.45. The van der Waals surface area contributed by atoms with Crippen LogP contribution in [0.1, 0.15) is 67.4 Å². The number of thiol groups is 1. The van der Waals surface area contributed by atoms with Gasteiger partial charge in [0.25, 0.3) is 5.91 Å². The first-order chi connectivity index (χ1) is 20.7. The van der Waals surface area contributed by atoms with E-state index in [0.717, 1.165) is 68.1 Å². The highest BCUT2D eigenvalue weighted by atomic mass is 35.5. The van der Waals surface area contributed by atoms with Crippen LogP contribution in [0.25, 0.3) is 0 Å². The lowest BCUT2D eigenvalue weighted by Crippen LogP contribution is -2.49. The molecule has 5 rings (SSSR count). The van der Waals surface area contributed by atoms with Crippen molar-refractivity contribution in [2.24, 2.45) is 22.1 Å². The van der Waals surface area contributed by atoms with E-state index in [0.29, 0.717) is 24.0 Å². The summed E-state index contributed by atoms with van der Waals surface area (Å²) in [5.41, 5.74) is 3.71. The van der Waals surface area contributed by atoms with E-state index < -0.39 is 16.5 Å². The molecule has 2 aromatic rings. The maximum Gasteiger partial charge on any atom is 0.284 e. The molecule has 6 nitrogen and oxygen atoms in total. The molecule has 1 unspecified atom stereocenters. The number of benzene rings is 2. The SMILES string of the molecule is C=CC[C@H](C)[C@@H](C)/[SH](=O)=N\C(=O)c1ccc2c(c1)N(C[C@@H]1CC[C@H]1[C@H](C=C)OC)C[C@@]1(CCCc3cc(Cl)ccc31)CO2. The zero-order valence-electron chi connectivity index (χ0n) is 25.6. The van der Waals surface area contributed by atoms with Gasteiger partial charge >= 0.3 is 0 Å². The van der Waals surface area contributed by atoms with Gasteiger partial charge in [0.05, 0.1) is 18.4 Å². The third-order valence-corrected chi connectivity index (χ3v) is 11.9. The van der Waals surface area contributed by atoms with Crippen molar-refractivity contribution in [1.82, 2.24) is 0 Å². The van der Waals surface area contributed by atoms with E-state index in [4.69, 9.17) is 21.1 Å². The van der Waals surface area contributed by atoms with Crippen LogP contribution in [-0.2, 0) is 27.2 Å². The summed E-state index contributed by atoms with van der Waals surface area (Å²) in [7, 11) is -0.305. The molecule has 7 atom stereocenters. The van der Waals surface area contributed by atoms with Crippen LogP contribution in [0.15, 0.2) is 66.1 Å². The van der Waals surface area contributed by atoms with E-state index in [1.807, 2.05) is 44.2 Å². The summed E-state index contributed by atoms with van der Waals surface area (Å²) in [5.74, 6) is 1.25. The van der Waals surface area contributed by atoms with E-state index in [2.05, 4.69) is 34.6 Å². The van der Waals surface area contributed by atoms with Crippen molar-refractivity contribution in [3.05, 3.63) is 83.4 Å². The number of methoxy groups -OCH3 is 1. The lowest BCUT2D eigenvalue weighted by molar-refractivity contribution is 0.0135. The molecule has 2 aromatic carbocycles. The molecular formula is C35H45ClN2O4S. The number of nitrogens with zero attached hydrogens (tertiary/aromatic N) is 2. The summed E-state index contributed by atoms with van der Waals surface area (Å²) >= 11 is 6.41. The van der Waals surface area contributed by atoms with Gasteiger partial charge in [0.15, 0.2) is 0 Å². The fraction of sp³-hybridized carbons (Fsp3) is 0.514. The molecule has 0 N–H and O–H groups in total. The highest BCUT2D eigenvalue weighted by Gasteiger charge is 2.44. The number of rotatable bonds is 10. The molecule has 1 heterocycles. The molecule has 1 aliphatic heterocycles. The Morgan fingerprint density at radius 2 is 2.07 bits per heavy atom. The first kappa shape index (κ1) is 31.8. The van der Waals surface area contributed by atoms with Crippen molar-refractivity contribution < 1.29 is 18.5 Å². The second kappa shape index (κ2) is 13.6. The first-order valence-electron chi connectivity index (χ1n) is 15.5. The maximum atomic E-state index is 13.3. The molecule has 0 bridgehead atoms. The summed E-state index contributed by atoms with van der Waals surface area (Å²) in [6.07, 6.45) is 9.76. The van der Waals surface area contributed by atoms with E-state index in [1.165, 1.54) is 11.1 Å². The fourth-order valence-electron chi connectivity index (χ4n) is 7.15. The molecule has 0 radical (unpaired) electrons. The lowest BCUT2D eigenvalue weighted by atomic mass is 9.68. The first-order valence-corrected chi connectivity index (χ1v) is 17.1. The van der Waals surface area contributed by atoms with Crippen LogP contribution in [0, 0.1) is 17.8 Å². The van der Waals surface area contributed by atoms with Crippen LogP contribution in [0.4, 0.5) is 5.69 Å². The minimum Gasteiger partial charge on any atom is -0.490 e. The van der Waals surface area contributed by atoms with Gasteiger partial charge in [-0.3, -0.25) is 9.00 Å². The topological polar surface area (TPSA) is 68.2 Å². The fourth-order valence-corrected chi connectivity index (χ4v) is 8.37. The minimum atomic E-state index is -2.06. The monoisotopic (exact) mass is 624 g/mol. The molecule has 1 fully saturated rings. The summed E-state index contributed by atoms with van der Waals surface area (Å²) < 4.78 is 29.5. The van der Waals surface area contributed by atoms with Crippen molar-refractivity contribution in [3.63, 3.8) is 0 Å². The van der Waals surface area contributed by atoms with Crippen molar-refractivity contribution in [2.45, 2.75) is 69.1 Å². The number of aryl methyl sites for hydroxylation is 1. The normalized spacial score (nSPS) is 25.7. The molecule has 232 valence electrons. The zero-order chi connectivity index (χ0) is 30.7. The Bertz CT molecular complexity index is 1450. The summed E-state index contributed by atoms with van der Waals surface area (Å²) in [6.45, 7) is 13.8. The average Bonchev–Trinajstić information content (AvgIpc) is 3.14. The average molecular weight is 625 g/mol. The highest BCUT2D eigenvalue weighted by Crippen LogP contribution is 2.47. The van der Waals surface area contributed by atoms with Crippen LogP contribution in [0.5, 0.6) is 5.75 Å². The molecule has 1 amide bonds. The standard InChI is InChI=1S/C35H45ClN2O4S/c1-6-9-23(3)24(4)43(40)37-34(39)26-12-16-33-31(19-26)38(20-27-11-14-29(27)32(7-2)41-5)21-35(22-42-33)17-8-10-25-18-28(36)13-15-30(25)35/h6-7,12-13,15-16,18-19,23-24,27,29,32,43H,1-2,8-11,14,17,20-22H2,3-5H3/t23-,24+,27-,29+,32-,35-/m0/s1. The molecule has 2 aliphatic carbocycles. The highest BCUT2D eigenvalue weighted by molar-refractivity contribution is 7.76. The molecule has 0 saturated heterocycles. The maximum absolute atomic E-state index is 13.3. The number of halogens is 1. The Hall–Kier alpha value is -2.61. The van der Waals surface area contributed by atoms with Crippen LogP contribution >= 0.6 is 11.6 Å². The number of carbonyl (C=O) groups excluding carboxylic acids is 1. The molecule has 3 aliphatic rings. The van der Waals surface area contributed by atoms with Gasteiger partial charge in [-0.1, -0.05) is 36.7 Å². The Labute approximate surface area is 263 Å². The Morgan fingerprint density at radius 3 is 2.77 bits per heavy atom. The molecule has 43 heavy (non-hydrogen) atoms. The smallest absolute Gasteiger partial charge is 0.284 e. The van der Waals surface area contributed by atoms with Crippen molar-refractivity contribution in [3.8, 4) is 5.75 Å². The van der Waals surface area contributed by atoms with Crippen LogP contribution in [-0.4, -0.2) is 48.3 Å². The number of anilines is 1. The second-order valence-corrected chi connectivity index (χ2v) is 14.7. The number of allylic oxidation sites excluding steroid dienone is 1. The van der Waals surface area contributed by atoms with Crippen LogP contribution in [0.2, 0.25) is 5.02 Å². The van der Waals surface area contributed by atoms with Crippen LogP contribution < -0.4 is 9.64 Å². The van der Waals surface area contributed by atoms with Crippen molar-refractivity contribution in [1.29, 1.82) is 0 Å². The van der Waals surface area contributed by atoms with Gasteiger partial charge < -0.3 is 14.4 Å². The van der Waals surface area contributed by atoms with Crippen LogP contribution in [0.3, 0.4) is 0 Å². The lowest BCUT2D eigenvalue weighted by Gasteiger charge is -2.46. The number of ether oxygens (including phenoxy) is 2. The Balaban J connectivity index is 1.50. The van der Waals surface area contributed by atoms with E-state index in [1.54, 1.807) is 13.2 Å². The Kier molecular flexibility index (Phi) is 10.0. The number of carbonyl (C=O) groups is 1. The van der Waals surface area contributed by atoms with Crippen molar-refractivity contribution >= 4 is 33.8 Å². The number of hydrogen-bond acceptors (Lipinski definition) is 5. The number of fused-ring (bicyclic) bond motifs is 3. The van der Waals surface area contributed by atoms with Gasteiger partial charge in [-0.25, -0.2) is 0 Å². The predicted molar refractivity (Wildman–Crippen MR) is 177 cm³/mol. The third kappa shape index (κ3) is 6.59. The number of amides is 1. The molecule has 0 aromatic heterocycles. The Morgan fingerprint density at radius 1 is 1.26 bits per heavy atom. The quantitative estimate of drug-likeness (QED) is 0.220. The molecule has 8 heteroatoms. The van der Waals surface area contributed by atoms with Gasteiger partial charge in [0.1, 0.15) is 5.75 Å². The minimum absolute atomic E-state index is 0.0152.